The van der Waals surface area contributed by atoms with Crippen LogP contribution in [0.4, 0.5) is 5.69 Å². The number of rotatable bonds is 6. The number of anilines is 1. The topological polar surface area (TPSA) is 119 Å². The highest BCUT2D eigenvalue weighted by Crippen LogP contribution is 2.39. The first kappa shape index (κ1) is 18.1. The fraction of sp³-hybridized carbons (Fsp3) is 0.118. The Kier molecular flexibility index (Phi) is 5.36. The zero-order valence-corrected chi connectivity index (χ0v) is 14.9. The van der Waals surface area contributed by atoms with Gasteiger partial charge in [0.1, 0.15) is 16.3 Å². The number of aromatic nitrogens is 2. The second kappa shape index (κ2) is 7.69. The number of ether oxygens (including phenoxy) is 1. The van der Waals surface area contributed by atoms with Crippen molar-refractivity contribution in [2.75, 3.05) is 18.9 Å². The lowest BCUT2D eigenvalue weighted by atomic mass is 10.1. The predicted molar refractivity (Wildman–Crippen MR) is 101 cm³/mol. The van der Waals surface area contributed by atoms with Gasteiger partial charge in [0.2, 0.25) is 0 Å². The minimum absolute atomic E-state index is 0.00472. The molecule has 0 spiro atoms. The summed E-state index contributed by atoms with van der Waals surface area (Å²) in [5, 5.41) is 19.1. The summed E-state index contributed by atoms with van der Waals surface area (Å²) in [6, 6.07) is 7.06. The van der Waals surface area contributed by atoms with E-state index in [1.165, 1.54) is 6.08 Å². The summed E-state index contributed by atoms with van der Waals surface area (Å²) in [6.45, 7) is 0.0636. The quantitative estimate of drug-likeness (QED) is 0.552. The van der Waals surface area contributed by atoms with E-state index in [1.807, 2.05) is 0 Å². The van der Waals surface area contributed by atoms with Crippen LogP contribution in [-0.2, 0) is 0 Å². The van der Waals surface area contributed by atoms with Gasteiger partial charge in [-0.25, -0.2) is 4.79 Å². The van der Waals surface area contributed by atoms with Crippen LogP contribution >= 0.6 is 22.9 Å². The molecule has 0 radical (unpaired) electrons. The Morgan fingerprint density at radius 1 is 1.35 bits per heavy atom. The number of thiophene rings is 1. The average molecular weight is 392 g/mol. The number of hydrogen-bond donors (Lipinski definition) is 3. The summed E-state index contributed by atoms with van der Waals surface area (Å²) in [6.07, 6.45) is 3.15. The fourth-order valence-corrected chi connectivity index (χ4v) is 3.45. The summed E-state index contributed by atoms with van der Waals surface area (Å²) in [5.41, 5.74) is 7.27. The summed E-state index contributed by atoms with van der Waals surface area (Å²) >= 11 is 7.03. The number of hydrogen-bond acceptors (Lipinski definition) is 7. The molecule has 26 heavy (non-hydrogen) atoms. The van der Waals surface area contributed by atoms with E-state index in [1.54, 1.807) is 30.3 Å². The first-order valence-electron chi connectivity index (χ1n) is 7.49. The van der Waals surface area contributed by atoms with Crippen molar-refractivity contribution >= 4 is 44.8 Å². The molecule has 2 heterocycles. The molecule has 134 valence electrons. The van der Waals surface area contributed by atoms with E-state index in [-0.39, 0.29) is 29.8 Å². The maximum absolute atomic E-state index is 11.4. The Morgan fingerprint density at radius 2 is 2.15 bits per heavy atom. The van der Waals surface area contributed by atoms with Crippen LogP contribution in [0.25, 0.3) is 21.5 Å². The molecular formula is C17H14ClN3O4S. The number of nitrogen functional groups attached to an aromatic ring is 1. The number of aliphatic hydroxyl groups is 1. The van der Waals surface area contributed by atoms with Crippen molar-refractivity contribution < 1.29 is 19.7 Å². The third-order valence-corrected chi connectivity index (χ3v) is 4.76. The van der Waals surface area contributed by atoms with Gasteiger partial charge in [-0.2, -0.15) is 9.97 Å². The smallest absolute Gasteiger partial charge is 0.348 e. The molecule has 3 rings (SSSR count). The van der Waals surface area contributed by atoms with E-state index < -0.39 is 5.97 Å². The predicted octanol–water partition coefficient (Wildman–Crippen LogP) is 3.22. The largest absolute Gasteiger partial charge is 0.477 e. The third kappa shape index (κ3) is 3.62. The SMILES string of the molecule is Nc1c(C(=O)O)sc2nc(OCC=CCO)nc(-c3cccc(Cl)c3)c12. The Hall–Kier alpha value is -2.68. The highest BCUT2D eigenvalue weighted by atomic mass is 35.5. The lowest BCUT2D eigenvalue weighted by Gasteiger charge is -2.08. The van der Waals surface area contributed by atoms with Crippen molar-refractivity contribution in [3.8, 4) is 17.3 Å². The van der Waals surface area contributed by atoms with Crippen LogP contribution in [0.1, 0.15) is 9.67 Å². The van der Waals surface area contributed by atoms with Crippen LogP contribution in [0, 0.1) is 0 Å². The number of fused-ring (bicyclic) bond motifs is 1. The summed E-state index contributed by atoms with van der Waals surface area (Å²) < 4.78 is 5.48. The Labute approximate surface area is 157 Å². The minimum Gasteiger partial charge on any atom is -0.477 e. The van der Waals surface area contributed by atoms with Gasteiger partial charge >= 0.3 is 12.0 Å². The van der Waals surface area contributed by atoms with E-state index in [0.717, 1.165) is 11.3 Å². The molecule has 4 N–H and O–H groups in total. The number of carboxylic acids is 1. The van der Waals surface area contributed by atoms with Gasteiger partial charge in [-0.15, -0.1) is 11.3 Å². The van der Waals surface area contributed by atoms with Crippen LogP contribution in [-0.4, -0.2) is 39.4 Å². The van der Waals surface area contributed by atoms with Crippen LogP contribution < -0.4 is 10.5 Å². The number of halogens is 1. The van der Waals surface area contributed by atoms with E-state index in [2.05, 4.69) is 9.97 Å². The number of carboxylic acid groups (broad SMARTS) is 1. The molecular weight excluding hydrogens is 378 g/mol. The van der Waals surface area contributed by atoms with Crippen LogP contribution in [0.2, 0.25) is 5.02 Å². The van der Waals surface area contributed by atoms with Crippen molar-refractivity contribution in [2.45, 2.75) is 0 Å². The molecule has 0 amide bonds. The molecule has 2 aromatic heterocycles. The van der Waals surface area contributed by atoms with E-state index in [4.69, 9.17) is 27.2 Å². The number of nitrogens with zero attached hydrogens (tertiary/aromatic N) is 2. The van der Waals surface area contributed by atoms with Gasteiger partial charge in [-0.05, 0) is 18.2 Å². The van der Waals surface area contributed by atoms with Crippen molar-refractivity contribution in [3.05, 3.63) is 46.3 Å². The molecule has 1 aromatic carbocycles. The molecule has 0 aliphatic rings. The van der Waals surface area contributed by atoms with Gasteiger partial charge in [0.05, 0.1) is 23.4 Å². The molecule has 9 heteroatoms. The van der Waals surface area contributed by atoms with E-state index >= 15 is 0 Å². The molecule has 0 saturated heterocycles. The minimum atomic E-state index is -1.13. The lowest BCUT2D eigenvalue weighted by Crippen LogP contribution is -2.01. The highest BCUT2D eigenvalue weighted by Gasteiger charge is 2.22. The average Bonchev–Trinajstić information content (AvgIpc) is 2.95. The molecule has 7 nitrogen and oxygen atoms in total. The normalized spacial score (nSPS) is 11.3. The molecule has 0 saturated carbocycles. The number of carbonyl (C=O) groups is 1. The Bertz CT molecular complexity index is 1000. The Balaban J connectivity index is 2.17. The maximum Gasteiger partial charge on any atom is 0.348 e. The van der Waals surface area contributed by atoms with E-state index in [0.29, 0.717) is 26.5 Å². The van der Waals surface area contributed by atoms with Crippen molar-refractivity contribution in [1.82, 2.24) is 9.97 Å². The molecule has 3 aromatic rings. The monoisotopic (exact) mass is 391 g/mol. The van der Waals surface area contributed by atoms with Gasteiger partial charge in [-0.3, -0.25) is 0 Å². The van der Waals surface area contributed by atoms with Crippen LogP contribution in [0.5, 0.6) is 6.01 Å². The highest BCUT2D eigenvalue weighted by molar-refractivity contribution is 7.21. The fourth-order valence-electron chi connectivity index (χ4n) is 2.34. The molecule has 0 atom stereocenters. The van der Waals surface area contributed by atoms with Crippen LogP contribution in [0.15, 0.2) is 36.4 Å². The summed E-state index contributed by atoms with van der Waals surface area (Å²) in [4.78, 5) is 20.5. The molecule has 0 fully saturated rings. The van der Waals surface area contributed by atoms with Gasteiger partial charge in [0.25, 0.3) is 0 Å². The maximum atomic E-state index is 11.4. The van der Waals surface area contributed by atoms with Crippen molar-refractivity contribution in [3.63, 3.8) is 0 Å². The second-order valence-electron chi connectivity index (χ2n) is 5.16. The van der Waals surface area contributed by atoms with Gasteiger partial charge < -0.3 is 20.7 Å². The third-order valence-electron chi connectivity index (χ3n) is 3.44. The molecule has 0 bridgehead atoms. The second-order valence-corrected chi connectivity index (χ2v) is 6.60. The van der Waals surface area contributed by atoms with Gasteiger partial charge in [0.15, 0.2) is 0 Å². The van der Waals surface area contributed by atoms with E-state index in [9.17, 15) is 9.90 Å². The molecule has 0 aliphatic carbocycles. The zero-order valence-electron chi connectivity index (χ0n) is 13.3. The lowest BCUT2D eigenvalue weighted by molar-refractivity contribution is 0.0703. The van der Waals surface area contributed by atoms with Crippen molar-refractivity contribution in [2.24, 2.45) is 0 Å². The van der Waals surface area contributed by atoms with Crippen molar-refractivity contribution in [1.29, 1.82) is 0 Å². The number of nitrogens with two attached hydrogens (primary N) is 1. The zero-order chi connectivity index (χ0) is 18.7. The number of benzene rings is 1. The van der Waals surface area contributed by atoms with Gasteiger partial charge in [-0.1, -0.05) is 29.8 Å². The summed E-state index contributed by atoms with van der Waals surface area (Å²) in [7, 11) is 0. The molecule has 0 unspecified atom stereocenters. The number of aliphatic hydroxyl groups excluding tert-OH is 1. The summed E-state index contributed by atoms with van der Waals surface area (Å²) in [5.74, 6) is -1.13. The Morgan fingerprint density at radius 3 is 2.85 bits per heavy atom. The van der Waals surface area contributed by atoms with Gasteiger partial charge in [0, 0.05) is 10.6 Å². The first-order valence-corrected chi connectivity index (χ1v) is 8.68. The standard InChI is InChI=1S/C17H14ClN3O4S/c18-10-5-3-4-9(8-10)13-11-12(19)14(16(23)24)26-15(11)21-17(20-13)25-7-2-1-6-22/h1-5,8,22H,6-7,19H2,(H,23,24). The first-order chi connectivity index (χ1) is 12.5. The number of aromatic carboxylic acids is 1. The van der Waals surface area contributed by atoms with Crippen LogP contribution in [0.3, 0.4) is 0 Å². The molecule has 0 aliphatic heterocycles.